The molecule has 210 valence electrons. The van der Waals surface area contributed by atoms with Crippen molar-refractivity contribution in [1.82, 2.24) is 24.8 Å². The summed E-state index contributed by atoms with van der Waals surface area (Å²) in [5, 5.41) is 4.03. The predicted octanol–water partition coefficient (Wildman–Crippen LogP) is 5.02. The monoisotopic (exact) mass is 562 g/mol. The zero-order valence-electron chi connectivity index (χ0n) is 22.6. The van der Waals surface area contributed by atoms with Crippen LogP contribution in [0.3, 0.4) is 0 Å². The molecule has 1 fully saturated rings. The minimum Gasteiger partial charge on any atom is -0.360 e. The predicted molar refractivity (Wildman–Crippen MR) is 147 cm³/mol. The number of piperidine rings is 1. The molecule has 1 aromatic carbocycles. The molecule has 8 bridgehead atoms. The number of H-pyrrole nitrogens is 1. The Hall–Kier alpha value is -2.91. The molecule has 2 unspecified atom stereocenters. The van der Waals surface area contributed by atoms with Crippen molar-refractivity contribution >= 4 is 35.2 Å². The molecule has 1 amide bonds. The van der Waals surface area contributed by atoms with Gasteiger partial charge in [-0.2, -0.15) is 13.2 Å². The van der Waals surface area contributed by atoms with E-state index in [1.165, 1.54) is 6.20 Å². The Labute approximate surface area is 225 Å². The molecule has 0 spiro atoms. The van der Waals surface area contributed by atoms with Gasteiger partial charge in [-0.3, -0.25) is 9.69 Å². The topological polar surface area (TPSA) is 94.2 Å². The Kier molecular flexibility index (Phi) is 7.26. The van der Waals surface area contributed by atoms with E-state index in [0.717, 1.165) is 45.0 Å². The van der Waals surface area contributed by atoms with Gasteiger partial charge in [-0.1, -0.05) is 6.07 Å². The zero-order valence-corrected chi connectivity index (χ0v) is 23.5. The third-order valence-electron chi connectivity index (χ3n) is 7.83. The summed E-state index contributed by atoms with van der Waals surface area (Å²) in [4.78, 5) is 29.0. The minimum atomic E-state index is -4.68. The zero-order chi connectivity index (χ0) is 28.1. The van der Waals surface area contributed by atoms with Crippen molar-refractivity contribution in [3.63, 3.8) is 0 Å². The Morgan fingerprint density at radius 3 is 2.56 bits per heavy atom. The molecule has 3 aliphatic heterocycles. The van der Waals surface area contributed by atoms with Gasteiger partial charge in [0.15, 0.2) is 0 Å². The second-order valence-corrected chi connectivity index (χ2v) is 14.2. The first-order valence-corrected chi connectivity index (χ1v) is 15.8. The number of rotatable bonds is 1. The fourth-order valence-corrected chi connectivity index (χ4v) is 7.21. The van der Waals surface area contributed by atoms with E-state index >= 15 is 0 Å². The molecule has 3 aromatic rings. The van der Waals surface area contributed by atoms with Crippen LogP contribution in [-0.4, -0.2) is 82.8 Å². The summed E-state index contributed by atoms with van der Waals surface area (Å²) in [6, 6.07) is 3.56. The molecule has 1 saturated heterocycles. The van der Waals surface area contributed by atoms with Gasteiger partial charge in [0.05, 0.1) is 16.8 Å². The molecule has 5 heterocycles. The number of amides is 1. The fraction of sp³-hybridized carbons (Fsp3) is 0.519. The first-order chi connectivity index (χ1) is 18.3. The molecule has 0 aliphatic carbocycles. The number of fused-ring (bicyclic) bond motifs is 6. The third-order valence-corrected chi connectivity index (χ3v) is 9.37. The molecule has 0 radical (unpaired) electrons. The standard InChI is InChI=1S/C27H34F3N6O2P/c1-16-7-8-17-15-36(16)12-6-5-11-35(2)25(37)19-10-9-18-20(13-31-23(18)24(19)39(3,4)38)22-21(27(28,29)30)14-32-26(33-17)34-22/h9-10,13-14,16-17,31H,5-8,11-12,15H2,1-4H3,(H,32,33,34)/t16?,17-/m1/s1. The van der Waals surface area contributed by atoms with Crippen LogP contribution in [0.5, 0.6) is 0 Å². The summed E-state index contributed by atoms with van der Waals surface area (Å²) >= 11 is 0. The van der Waals surface area contributed by atoms with Gasteiger partial charge in [-0.25, -0.2) is 9.97 Å². The van der Waals surface area contributed by atoms with Crippen molar-refractivity contribution in [2.75, 3.05) is 45.3 Å². The van der Waals surface area contributed by atoms with Crippen LogP contribution in [0, 0.1) is 0 Å². The van der Waals surface area contributed by atoms with Crippen molar-refractivity contribution in [2.45, 2.75) is 50.9 Å². The van der Waals surface area contributed by atoms with Gasteiger partial charge in [0.25, 0.3) is 5.91 Å². The van der Waals surface area contributed by atoms with Crippen LogP contribution in [0.2, 0.25) is 0 Å². The van der Waals surface area contributed by atoms with Crippen molar-refractivity contribution in [1.29, 1.82) is 0 Å². The molecule has 8 nitrogen and oxygen atoms in total. The molecule has 0 saturated carbocycles. The van der Waals surface area contributed by atoms with Gasteiger partial charge < -0.3 is 19.8 Å². The summed E-state index contributed by atoms with van der Waals surface area (Å²) in [6.45, 7) is 7.43. The van der Waals surface area contributed by atoms with Crippen LogP contribution in [0.25, 0.3) is 22.2 Å². The van der Waals surface area contributed by atoms with E-state index < -0.39 is 18.9 Å². The summed E-state index contributed by atoms with van der Waals surface area (Å²) in [7, 11) is -1.30. The molecular weight excluding hydrogens is 528 g/mol. The van der Waals surface area contributed by atoms with Crippen molar-refractivity contribution < 1.29 is 22.5 Å². The maximum Gasteiger partial charge on any atom is 0.419 e. The Morgan fingerprint density at radius 2 is 1.85 bits per heavy atom. The normalized spacial score (nSPS) is 23.1. The van der Waals surface area contributed by atoms with Crippen LogP contribution in [-0.2, 0) is 10.7 Å². The first-order valence-electron chi connectivity index (χ1n) is 13.2. The number of carbonyl (C=O) groups excluding carboxylic acids is 1. The fourth-order valence-electron chi connectivity index (χ4n) is 5.74. The number of hydrogen-bond acceptors (Lipinski definition) is 6. The van der Waals surface area contributed by atoms with E-state index in [4.69, 9.17) is 0 Å². The molecule has 3 aliphatic rings. The van der Waals surface area contributed by atoms with Gasteiger partial charge in [-0.15, -0.1) is 0 Å². The number of hydrogen-bond donors (Lipinski definition) is 2. The summed E-state index contributed by atoms with van der Waals surface area (Å²) < 4.78 is 55.9. The third kappa shape index (κ3) is 5.43. The average molecular weight is 563 g/mol. The van der Waals surface area contributed by atoms with Crippen molar-refractivity contribution in [3.05, 3.63) is 35.7 Å². The number of anilines is 1. The lowest BCUT2D eigenvalue weighted by molar-refractivity contribution is -0.137. The lowest BCUT2D eigenvalue weighted by Crippen LogP contribution is -2.47. The summed E-state index contributed by atoms with van der Waals surface area (Å²) in [5.74, 6) is -0.123. The van der Waals surface area contributed by atoms with E-state index in [2.05, 4.69) is 32.1 Å². The van der Waals surface area contributed by atoms with Gasteiger partial charge in [0, 0.05) is 60.9 Å². The second-order valence-electron chi connectivity index (χ2n) is 11.1. The molecule has 6 rings (SSSR count). The molecule has 12 heteroatoms. The molecule has 2 aromatic heterocycles. The molecule has 39 heavy (non-hydrogen) atoms. The van der Waals surface area contributed by atoms with E-state index in [-0.39, 0.29) is 29.2 Å². The Morgan fingerprint density at radius 1 is 1.10 bits per heavy atom. The number of carbonyl (C=O) groups is 1. The van der Waals surface area contributed by atoms with E-state index in [9.17, 15) is 22.5 Å². The lowest BCUT2D eigenvalue weighted by atomic mass is 9.99. The van der Waals surface area contributed by atoms with Crippen LogP contribution in [0.4, 0.5) is 19.1 Å². The molecular formula is C27H34F3N6O2P. The average Bonchev–Trinajstić information content (AvgIpc) is 3.29. The van der Waals surface area contributed by atoms with Gasteiger partial charge in [0.2, 0.25) is 5.95 Å². The Bertz CT molecular complexity index is 1450. The number of aromatic amines is 1. The highest BCUT2D eigenvalue weighted by Crippen LogP contribution is 2.43. The summed E-state index contributed by atoms with van der Waals surface area (Å²) in [6.07, 6.45) is 1.10. The quantitative estimate of drug-likeness (QED) is 0.405. The molecule has 2 N–H and O–H groups in total. The van der Waals surface area contributed by atoms with Gasteiger partial charge >= 0.3 is 6.18 Å². The lowest BCUT2D eigenvalue weighted by Gasteiger charge is -2.38. The minimum absolute atomic E-state index is 0.00267. The van der Waals surface area contributed by atoms with Crippen molar-refractivity contribution in [2.24, 2.45) is 0 Å². The number of halogens is 3. The number of alkyl halides is 3. The smallest absolute Gasteiger partial charge is 0.360 e. The summed E-state index contributed by atoms with van der Waals surface area (Å²) in [5.41, 5.74) is -0.333. The maximum absolute atomic E-state index is 14.1. The van der Waals surface area contributed by atoms with Crippen molar-refractivity contribution in [3.8, 4) is 11.3 Å². The van der Waals surface area contributed by atoms with Crippen LogP contribution in [0.1, 0.15) is 48.5 Å². The highest BCUT2D eigenvalue weighted by Gasteiger charge is 2.37. The van der Waals surface area contributed by atoms with Gasteiger partial charge in [0.1, 0.15) is 12.7 Å². The number of nitrogens with zero attached hydrogens (tertiary/aromatic N) is 4. The van der Waals surface area contributed by atoms with Crippen LogP contribution >= 0.6 is 7.14 Å². The number of benzene rings is 1. The highest BCUT2D eigenvalue weighted by molar-refractivity contribution is 7.70. The highest BCUT2D eigenvalue weighted by atomic mass is 31.2. The number of aromatic nitrogens is 3. The first kappa shape index (κ1) is 27.6. The number of nitrogens with one attached hydrogen (secondary N) is 2. The van der Waals surface area contributed by atoms with E-state index in [1.807, 2.05) is 0 Å². The van der Waals surface area contributed by atoms with Crippen LogP contribution in [0.15, 0.2) is 24.5 Å². The van der Waals surface area contributed by atoms with Gasteiger partial charge in [-0.05, 0) is 58.5 Å². The van der Waals surface area contributed by atoms with Crippen LogP contribution < -0.4 is 10.6 Å². The Balaban J connectivity index is 1.71. The molecule has 3 atom stereocenters. The van der Waals surface area contributed by atoms with E-state index in [1.54, 1.807) is 37.4 Å². The van der Waals surface area contributed by atoms with E-state index in [0.29, 0.717) is 34.4 Å². The SMILES string of the molecule is CC1CC[C@@H]2CN1CCCCN(C)C(=O)c1ccc3c(c[nH]c3c1P(C)(C)=O)-c1nc(ncc1C(F)(F)F)N2. The second kappa shape index (κ2) is 10.2. The maximum atomic E-state index is 14.1. The largest absolute Gasteiger partial charge is 0.419 e.